The highest BCUT2D eigenvalue weighted by Gasteiger charge is 2.51. The van der Waals surface area contributed by atoms with Crippen molar-refractivity contribution in [3.05, 3.63) is 47.3 Å². The van der Waals surface area contributed by atoms with E-state index in [-0.39, 0.29) is 35.9 Å². The molecule has 44 heavy (non-hydrogen) atoms. The maximum atomic E-state index is 13.5. The minimum atomic E-state index is -1.80. The largest absolute Gasteiger partial charge is 0.490 e. The van der Waals surface area contributed by atoms with Crippen molar-refractivity contribution in [1.82, 2.24) is 0 Å². The number of carbonyl (C=O) groups is 1. The molecule has 9 nitrogen and oxygen atoms in total. The average molecular weight is 623 g/mol. The van der Waals surface area contributed by atoms with E-state index in [1.807, 2.05) is 66.7 Å². The number of aliphatic hydroxyl groups is 4. The van der Waals surface area contributed by atoms with Crippen LogP contribution in [0, 0.1) is 35.5 Å². The lowest BCUT2D eigenvalue weighted by Gasteiger charge is -2.49. The van der Waals surface area contributed by atoms with Crippen molar-refractivity contribution in [1.29, 1.82) is 0 Å². The Morgan fingerprint density at radius 1 is 1.05 bits per heavy atom. The van der Waals surface area contributed by atoms with Gasteiger partial charge in [0.2, 0.25) is 5.76 Å². The van der Waals surface area contributed by atoms with E-state index in [2.05, 4.69) is 0 Å². The zero-order chi connectivity index (χ0) is 33.5. The van der Waals surface area contributed by atoms with Gasteiger partial charge in [0, 0.05) is 37.2 Å². The highest BCUT2D eigenvalue weighted by atomic mass is 16.6. The zero-order valence-corrected chi connectivity index (χ0v) is 28.6. The molecule has 0 radical (unpaired) electrons. The number of hydrogen-bond donors (Lipinski definition) is 4. The first-order valence-corrected chi connectivity index (χ1v) is 15.9. The standard InChI is InChI=1S/C35H58O9/c1-19(2)32-24(7)27(36)18-35(40,44-32)26(9)31(38)25(8)33-28(41-10)14-12-13-20(3)15-22(5)30(37)23(6)16-21(4)17-29(42-11)34(39)43-33/h12-14,16-17,19,22-28,30-33,36-38,40H,15,18H2,1-11H3/b14-12?,20-13-,21-16+,29-17-/t22-,23-,24+,25+,26+,27-,28+,30+,31-,32-,33-,35-/m1/s1. The van der Waals surface area contributed by atoms with Crippen molar-refractivity contribution in [3.63, 3.8) is 0 Å². The maximum Gasteiger partial charge on any atom is 0.373 e. The van der Waals surface area contributed by atoms with Crippen LogP contribution < -0.4 is 0 Å². The Balaban J connectivity index is 2.52. The fourth-order valence-electron chi connectivity index (χ4n) is 6.54. The molecule has 0 bridgehead atoms. The lowest BCUT2D eigenvalue weighted by atomic mass is 9.76. The van der Waals surface area contributed by atoms with Crippen LogP contribution in [-0.2, 0) is 23.7 Å². The van der Waals surface area contributed by atoms with Crippen molar-refractivity contribution in [2.24, 2.45) is 35.5 Å². The molecular weight excluding hydrogens is 564 g/mol. The monoisotopic (exact) mass is 622 g/mol. The molecule has 2 aliphatic heterocycles. The van der Waals surface area contributed by atoms with Gasteiger partial charge in [0.05, 0.1) is 31.5 Å². The molecule has 0 unspecified atom stereocenters. The molecule has 1 saturated heterocycles. The molecule has 9 heteroatoms. The van der Waals surface area contributed by atoms with Gasteiger partial charge in [0.25, 0.3) is 0 Å². The third-order valence-corrected chi connectivity index (χ3v) is 9.50. The van der Waals surface area contributed by atoms with Gasteiger partial charge in [-0.1, -0.05) is 83.9 Å². The molecule has 0 aliphatic carbocycles. The van der Waals surface area contributed by atoms with Gasteiger partial charge in [-0.25, -0.2) is 4.79 Å². The van der Waals surface area contributed by atoms with Crippen molar-refractivity contribution in [2.45, 2.75) is 118 Å². The number of allylic oxidation sites excluding steroid dienone is 5. The number of esters is 1. The fourth-order valence-corrected chi connectivity index (χ4v) is 6.54. The predicted molar refractivity (Wildman–Crippen MR) is 170 cm³/mol. The summed E-state index contributed by atoms with van der Waals surface area (Å²) in [6, 6.07) is 0. The molecule has 2 heterocycles. The molecule has 2 aliphatic rings. The molecule has 0 aromatic rings. The van der Waals surface area contributed by atoms with E-state index in [1.54, 1.807) is 26.0 Å². The number of ether oxygens (including phenoxy) is 4. The van der Waals surface area contributed by atoms with Gasteiger partial charge in [0.15, 0.2) is 5.79 Å². The summed E-state index contributed by atoms with van der Waals surface area (Å²) in [4.78, 5) is 13.5. The number of rotatable bonds is 7. The SMILES string of the molecule is CO/C1=C\C(C)=C\[C@@H](C)[C@@H](O)[C@H](C)C/C(C)=C\C=C[C@H](OC)[C@@H]([C@@H](C)[C@@H](O)[C@H](C)[C@@]2(O)C[C@@H](O)[C@H](C)[C@@H](C(C)C)O2)OC1=O. The molecule has 0 saturated carbocycles. The Morgan fingerprint density at radius 3 is 2.25 bits per heavy atom. The second kappa shape index (κ2) is 16.5. The first-order valence-electron chi connectivity index (χ1n) is 15.9. The summed E-state index contributed by atoms with van der Waals surface area (Å²) in [6.07, 6.45) is 4.85. The molecule has 1 fully saturated rings. The molecule has 0 aromatic carbocycles. The summed E-state index contributed by atoms with van der Waals surface area (Å²) in [5.41, 5.74) is 1.78. The van der Waals surface area contributed by atoms with E-state index in [4.69, 9.17) is 18.9 Å². The van der Waals surface area contributed by atoms with Crippen LogP contribution in [0.3, 0.4) is 0 Å². The van der Waals surface area contributed by atoms with E-state index in [0.29, 0.717) is 6.42 Å². The van der Waals surface area contributed by atoms with Gasteiger partial charge in [0.1, 0.15) is 12.2 Å². The molecule has 252 valence electrons. The van der Waals surface area contributed by atoms with Crippen LogP contribution in [-0.4, -0.2) is 83.0 Å². The van der Waals surface area contributed by atoms with Crippen LogP contribution >= 0.6 is 0 Å². The van der Waals surface area contributed by atoms with E-state index < -0.39 is 60.2 Å². The predicted octanol–water partition coefficient (Wildman–Crippen LogP) is 4.69. The van der Waals surface area contributed by atoms with Crippen molar-refractivity contribution in [2.75, 3.05) is 14.2 Å². The van der Waals surface area contributed by atoms with Gasteiger partial charge in [-0.15, -0.1) is 0 Å². The maximum absolute atomic E-state index is 13.5. The summed E-state index contributed by atoms with van der Waals surface area (Å²) < 4.78 is 23.4. The summed E-state index contributed by atoms with van der Waals surface area (Å²) >= 11 is 0. The van der Waals surface area contributed by atoms with E-state index in [1.165, 1.54) is 14.2 Å². The highest BCUT2D eigenvalue weighted by molar-refractivity contribution is 5.87. The van der Waals surface area contributed by atoms with Gasteiger partial charge in [-0.3, -0.25) is 0 Å². The second-order valence-electron chi connectivity index (χ2n) is 13.6. The number of aliphatic hydroxyl groups excluding tert-OH is 3. The van der Waals surface area contributed by atoms with Crippen LogP contribution in [0.1, 0.15) is 75.2 Å². The fraction of sp³-hybridized carbons (Fsp3) is 0.743. The number of methoxy groups -OCH3 is 2. The van der Waals surface area contributed by atoms with Crippen LogP contribution in [0.15, 0.2) is 47.3 Å². The summed E-state index contributed by atoms with van der Waals surface area (Å²) in [6.45, 7) is 17.0. The minimum Gasteiger partial charge on any atom is -0.490 e. The molecule has 0 aromatic heterocycles. The van der Waals surface area contributed by atoms with Crippen LogP contribution in [0.5, 0.6) is 0 Å². The Hall–Kier alpha value is -2.01. The number of hydrogen-bond acceptors (Lipinski definition) is 9. The Morgan fingerprint density at radius 2 is 1.68 bits per heavy atom. The van der Waals surface area contributed by atoms with Crippen LogP contribution in [0.2, 0.25) is 0 Å². The first-order chi connectivity index (χ1) is 20.5. The molecular formula is C35H58O9. The van der Waals surface area contributed by atoms with Gasteiger partial charge >= 0.3 is 5.97 Å². The molecule has 0 amide bonds. The Labute approximate surface area is 264 Å². The van der Waals surface area contributed by atoms with Crippen molar-refractivity contribution >= 4 is 5.97 Å². The number of cyclic esters (lactones) is 1. The van der Waals surface area contributed by atoms with Gasteiger partial charge in [-0.2, -0.15) is 0 Å². The summed E-state index contributed by atoms with van der Waals surface area (Å²) in [5.74, 6) is -4.49. The Bertz CT molecular complexity index is 1060. The van der Waals surface area contributed by atoms with E-state index in [0.717, 1.165) is 11.1 Å². The lowest BCUT2D eigenvalue weighted by Crippen LogP contribution is -2.59. The molecule has 4 N–H and O–H groups in total. The van der Waals surface area contributed by atoms with E-state index >= 15 is 0 Å². The first kappa shape index (κ1) is 38.2. The second-order valence-corrected chi connectivity index (χ2v) is 13.6. The normalized spacial score (nSPS) is 40.5. The number of carbonyl (C=O) groups excluding carboxylic acids is 1. The third kappa shape index (κ3) is 9.50. The highest BCUT2D eigenvalue weighted by Crippen LogP contribution is 2.41. The summed E-state index contributed by atoms with van der Waals surface area (Å²) in [7, 11) is 2.87. The van der Waals surface area contributed by atoms with Crippen LogP contribution in [0.4, 0.5) is 0 Å². The minimum absolute atomic E-state index is 0.00492. The quantitative estimate of drug-likeness (QED) is 0.298. The van der Waals surface area contributed by atoms with Gasteiger partial charge in [-0.05, 0) is 38.2 Å². The smallest absolute Gasteiger partial charge is 0.373 e. The van der Waals surface area contributed by atoms with Crippen molar-refractivity contribution in [3.8, 4) is 0 Å². The van der Waals surface area contributed by atoms with Crippen molar-refractivity contribution < 1.29 is 44.2 Å². The Kier molecular flexibility index (Phi) is 14.3. The molecule has 0 spiro atoms. The zero-order valence-electron chi connectivity index (χ0n) is 28.6. The molecule has 2 rings (SSSR count). The summed E-state index contributed by atoms with van der Waals surface area (Å²) in [5, 5.41) is 45.0. The topological polar surface area (TPSA) is 135 Å². The van der Waals surface area contributed by atoms with E-state index in [9.17, 15) is 25.2 Å². The average Bonchev–Trinajstić information content (AvgIpc) is 2.96. The van der Waals surface area contributed by atoms with Gasteiger partial charge < -0.3 is 39.4 Å². The molecule has 12 atom stereocenters. The third-order valence-electron chi connectivity index (χ3n) is 9.50. The van der Waals surface area contributed by atoms with Crippen LogP contribution in [0.25, 0.3) is 0 Å². The lowest BCUT2D eigenvalue weighted by molar-refractivity contribution is -0.328.